The third-order valence-corrected chi connectivity index (χ3v) is 8.33. The molecule has 1 aliphatic heterocycles. The second-order valence-corrected chi connectivity index (χ2v) is 10.7. The van der Waals surface area contributed by atoms with Gasteiger partial charge in [-0.05, 0) is 84.6 Å². The number of aromatic nitrogens is 2. The van der Waals surface area contributed by atoms with Gasteiger partial charge < -0.3 is 9.14 Å². The van der Waals surface area contributed by atoms with E-state index in [1.165, 1.54) is 67.2 Å². The van der Waals surface area contributed by atoms with Gasteiger partial charge in [-0.15, -0.1) is 0 Å². The molecular formula is C30H36FN3O. The lowest BCUT2D eigenvalue weighted by Gasteiger charge is -2.37. The summed E-state index contributed by atoms with van der Waals surface area (Å²) in [5.41, 5.74) is 9.20. The molecule has 1 saturated heterocycles. The van der Waals surface area contributed by atoms with Crippen molar-refractivity contribution >= 4 is 11.2 Å². The second kappa shape index (κ2) is 9.77. The molecule has 4 nitrogen and oxygen atoms in total. The van der Waals surface area contributed by atoms with E-state index in [0.29, 0.717) is 5.92 Å². The van der Waals surface area contributed by atoms with Crippen LogP contribution in [0.25, 0.3) is 11.2 Å². The molecule has 0 atom stereocenters. The minimum absolute atomic E-state index is 0.206. The first-order valence-corrected chi connectivity index (χ1v) is 13.4. The van der Waals surface area contributed by atoms with Crippen LogP contribution in [0.4, 0.5) is 4.39 Å². The molecule has 1 saturated carbocycles. The number of imidazole rings is 1. The molecule has 35 heavy (non-hydrogen) atoms. The van der Waals surface area contributed by atoms with Gasteiger partial charge in [0.05, 0.1) is 19.5 Å². The number of methoxy groups -OCH3 is 1. The first kappa shape index (κ1) is 22.8. The molecule has 6 rings (SSSR count). The highest BCUT2D eigenvalue weighted by Crippen LogP contribution is 2.43. The van der Waals surface area contributed by atoms with Crippen LogP contribution in [0.5, 0.6) is 5.75 Å². The number of pyridine rings is 1. The van der Waals surface area contributed by atoms with E-state index in [9.17, 15) is 4.39 Å². The first-order chi connectivity index (χ1) is 17.2. The second-order valence-electron chi connectivity index (χ2n) is 10.7. The van der Waals surface area contributed by atoms with Gasteiger partial charge in [-0.1, -0.05) is 30.9 Å². The maximum Gasteiger partial charge on any atom is 0.137 e. The van der Waals surface area contributed by atoms with Gasteiger partial charge in [0.25, 0.3) is 0 Å². The average molecular weight is 474 g/mol. The molecule has 0 spiro atoms. The van der Waals surface area contributed by atoms with E-state index in [4.69, 9.17) is 9.72 Å². The molecule has 3 aliphatic rings. The topological polar surface area (TPSA) is 29.8 Å². The van der Waals surface area contributed by atoms with Crippen molar-refractivity contribution in [2.24, 2.45) is 11.8 Å². The zero-order valence-electron chi connectivity index (χ0n) is 20.8. The monoisotopic (exact) mass is 473 g/mol. The number of nitrogens with zero attached hydrogens (tertiary/aromatic N) is 3. The van der Waals surface area contributed by atoms with E-state index in [0.717, 1.165) is 43.1 Å². The molecular weight excluding hydrogens is 437 g/mol. The van der Waals surface area contributed by atoms with Crippen LogP contribution >= 0.6 is 0 Å². The Morgan fingerprint density at radius 1 is 1.03 bits per heavy atom. The van der Waals surface area contributed by atoms with Crippen LogP contribution in [0.2, 0.25) is 0 Å². The number of ether oxygens (including phenoxy) is 1. The van der Waals surface area contributed by atoms with Gasteiger partial charge in [0, 0.05) is 37.9 Å². The number of alkyl halides is 1. The summed E-state index contributed by atoms with van der Waals surface area (Å²) in [6.45, 7) is 2.27. The van der Waals surface area contributed by atoms with Gasteiger partial charge in [0.15, 0.2) is 0 Å². The lowest BCUT2D eigenvalue weighted by molar-refractivity contribution is 0.0727. The number of rotatable bonds is 6. The Bertz CT molecular complexity index is 1230. The molecule has 0 amide bonds. The van der Waals surface area contributed by atoms with E-state index in [1.54, 1.807) is 12.7 Å². The molecule has 2 fully saturated rings. The first-order valence-electron chi connectivity index (χ1n) is 13.4. The average Bonchev–Trinajstić information content (AvgIpc) is 3.17. The molecule has 2 aliphatic carbocycles. The Morgan fingerprint density at radius 2 is 1.89 bits per heavy atom. The zero-order valence-corrected chi connectivity index (χ0v) is 20.8. The summed E-state index contributed by atoms with van der Waals surface area (Å²) in [4.78, 5) is 7.25. The fraction of sp³-hybridized carbons (Fsp3) is 0.500. The van der Waals surface area contributed by atoms with Crippen LogP contribution in [-0.4, -0.2) is 41.2 Å². The maximum absolute atomic E-state index is 12.8. The molecule has 0 unspecified atom stereocenters. The highest BCUT2D eigenvalue weighted by atomic mass is 19.1. The zero-order chi connectivity index (χ0) is 23.8. The van der Waals surface area contributed by atoms with Gasteiger partial charge in [-0.2, -0.15) is 0 Å². The Morgan fingerprint density at radius 3 is 2.69 bits per heavy atom. The van der Waals surface area contributed by atoms with Gasteiger partial charge >= 0.3 is 0 Å². The van der Waals surface area contributed by atoms with Gasteiger partial charge in [-0.3, -0.25) is 9.29 Å². The normalized spacial score (nSPS) is 20.1. The SMILES string of the molecule is COc1ccc2c(c1)CCCC(C1CCCCC1)=C2c1ccn2cc(CN3CC(CF)C3)nc2c1. The van der Waals surface area contributed by atoms with E-state index in [-0.39, 0.29) is 12.6 Å². The molecule has 0 bridgehead atoms. The molecule has 0 radical (unpaired) electrons. The van der Waals surface area contributed by atoms with E-state index >= 15 is 0 Å². The van der Waals surface area contributed by atoms with Crippen molar-refractivity contribution in [3.8, 4) is 5.75 Å². The molecule has 2 aromatic heterocycles. The van der Waals surface area contributed by atoms with E-state index in [2.05, 4.69) is 52.0 Å². The molecule has 184 valence electrons. The van der Waals surface area contributed by atoms with Gasteiger partial charge in [-0.25, -0.2) is 4.98 Å². The summed E-state index contributed by atoms with van der Waals surface area (Å²) in [6.07, 6.45) is 14.5. The number of halogens is 1. The molecule has 3 aromatic rings. The predicted molar refractivity (Wildman–Crippen MR) is 138 cm³/mol. The highest BCUT2D eigenvalue weighted by Gasteiger charge is 2.28. The minimum atomic E-state index is -0.211. The van der Waals surface area contributed by atoms with Crippen molar-refractivity contribution in [2.45, 2.75) is 57.9 Å². The Hall–Kier alpha value is -2.66. The van der Waals surface area contributed by atoms with Crippen LogP contribution in [0.1, 0.15) is 67.3 Å². The van der Waals surface area contributed by atoms with Crippen molar-refractivity contribution < 1.29 is 9.13 Å². The van der Waals surface area contributed by atoms with E-state index < -0.39 is 0 Å². The number of fused-ring (bicyclic) bond motifs is 2. The smallest absolute Gasteiger partial charge is 0.137 e. The summed E-state index contributed by atoms with van der Waals surface area (Å²) in [5, 5.41) is 0. The summed E-state index contributed by atoms with van der Waals surface area (Å²) >= 11 is 0. The van der Waals surface area contributed by atoms with Crippen LogP contribution in [0, 0.1) is 11.8 Å². The lowest BCUT2D eigenvalue weighted by Crippen LogP contribution is -2.46. The van der Waals surface area contributed by atoms with Crippen LogP contribution < -0.4 is 4.74 Å². The number of benzene rings is 1. The molecule has 1 aromatic carbocycles. The van der Waals surface area contributed by atoms with Crippen molar-refractivity contribution in [3.63, 3.8) is 0 Å². The van der Waals surface area contributed by atoms with Crippen LogP contribution in [0.15, 0.2) is 48.3 Å². The van der Waals surface area contributed by atoms with Gasteiger partial charge in [0.1, 0.15) is 11.4 Å². The van der Waals surface area contributed by atoms with Crippen molar-refractivity contribution in [2.75, 3.05) is 26.9 Å². The quantitative estimate of drug-likeness (QED) is 0.411. The standard InChI is InChI=1S/C30H36FN3O/c1-35-26-10-11-28-23(14-26)8-5-9-27(22-6-3-2-4-7-22)30(28)24-12-13-34-20-25(32-29(34)15-24)19-33-17-21(16-31)18-33/h10-15,20-22H,2-9,16-19H2,1H3. The number of likely N-dealkylation sites (tertiary alicyclic amines) is 1. The number of hydrogen-bond acceptors (Lipinski definition) is 3. The van der Waals surface area contributed by atoms with Gasteiger partial charge in [0.2, 0.25) is 0 Å². The molecule has 3 heterocycles. The number of hydrogen-bond donors (Lipinski definition) is 0. The largest absolute Gasteiger partial charge is 0.497 e. The number of allylic oxidation sites excluding steroid dienone is 1. The van der Waals surface area contributed by atoms with Crippen LogP contribution in [0.3, 0.4) is 0 Å². The van der Waals surface area contributed by atoms with Crippen molar-refractivity contribution in [1.82, 2.24) is 14.3 Å². The van der Waals surface area contributed by atoms with Crippen molar-refractivity contribution in [1.29, 1.82) is 0 Å². The maximum atomic E-state index is 12.8. The Kier molecular flexibility index (Phi) is 6.36. The third kappa shape index (κ3) is 4.51. The fourth-order valence-corrected chi connectivity index (χ4v) is 6.51. The Balaban J connectivity index is 1.40. The lowest BCUT2D eigenvalue weighted by atomic mass is 9.78. The fourth-order valence-electron chi connectivity index (χ4n) is 6.51. The number of aryl methyl sites for hydroxylation is 1. The van der Waals surface area contributed by atoms with E-state index in [1.807, 2.05) is 0 Å². The molecule has 5 heteroatoms. The van der Waals surface area contributed by atoms with Crippen LogP contribution in [-0.2, 0) is 13.0 Å². The van der Waals surface area contributed by atoms with Crippen molar-refractivity contribution in [3.05, 3.63) is 70.7 Å². The third-order valence-electron chi connectivity index (χ3n) is 8.33. The summed E-state index contributed by atoms with van der Waals surface area (Å²) < 4.78 is 20.5. The minimum Gasteiger partial charge on any atom is -0.497 e. The summed E-state index contributed by atoms with van der Waals surface area (Å²) in [5.74, 6) is 1.84. The molecule has 0 N–H and O–H groups in total. The summed E-state index contributed by atoms with van der Waals surface area (Å²) in [7, 11) is 1.75. The summed E-state index contributed by atoms with van der Waals surface area (Å²) in [6, 6.07) is 11.2. The Labute approximate surface area is 207 Å². The highest BCUT2D eigenvalue weighted by molar-refractivity contribution is 5.85. The predicted octanol–water partition coefficient (Wildman–Crippen LogP) is 6.46.